The largest absolute Gasteiger partial charge is 0.507 e. The monoisotopic (exact) mass is 460 g/mol. The number of hydrogen-bond donors (Lipinski definition) is 2. The van der Waals surface area contributed by atoms with Crippen LogP contribution in [0.4, 0.5) is 0 Å². The van der Waals surface area contributed by atoms with E-state index >= 15 is 0 Å². The Labute approximate surface area is 202 Å². The normalized spacial score (nSPS) is 11.3. The van der Waals surface area contributed by atoms with Gasteiger partial charge in [-0.3, -0.25) is 0 Å². The number of benzene rings is 5. The molecule has 2 nitrogen and oxygen atoms in total. The molecule has 5 aromatic carbocycles. The Bertz CT molecular complexity index is 1290. The topological polar surface area (TPSA) is 40.5 Å². The van der Waals surface area contributed by atoms with Gasteiger partial charge in [0.2, 0.25) is 0 Å². The molecule has 34 heavy (non-hydrogen) atoms. The van der Waals surface area contributed by atoms with Crippen molar-refractivity contribution in [2.45, 2.75) is 5.66 Å². The van der Waals surface area contributed by atoms with Gasteiger partial charge in [0.1, 0.15) is 11.5 Å². The van der Waals surface area contributed by atoms with Crippen LogP contribution in [0.25, 0.3) is 22.3 Å². The fourth-order valence-corrected chi connectivity index (χ4v) is 5.81. The summed E-state index contributed by atoms with van der Waals surface area (Å²) in [7, 11) is 0.331. The molecule has 3 heteroatoms. The molecule has 0 amide bonds. The molecule has 0 radical (unpaired) electrons. The van der Waals surface area contributed by atoms with E-state index in [1.54, 1.807) is 0 Å². The predicted octanol–water partition coefficient (Wildman–Crippen LogP) is 7.53. The Balaban J connectivity index is 1.67. The second-order valence-electron chi connectivity index (χ2n) is 8.16. The molecule has 0 aliphatic rings. The molecular weight excluding hydrogens is 435 g/mol. The summed E-state index contributed by atoms with van der Waals surface area (Å²) in [6, 6.07) is 41.9. The van der Waals surface area contributed by atoms with E-state index in [1.807, 2.05) is 115 Å². The van der Waals surface area contributed by atoms with Gasteiger partial charge in [-0.15, -0.1) is 0 Å². The van der Waals surface area contributed by atoms with Crippen molar-refractivity contribution in [3.8, 4) is 33.8 Å². The van der Waals surface area contributed by atoms with Gasteiger partial charge in [-0.05, 0) is 16.4 Å². The van der Waals surface area contributed by atoms with Crippen molar-refractivity contribution in [3.63, 3.8) is 0 Å². The average molecular weight is 461 g/mol. The number of phenols is 2. The highest BCUT2D eigenvalue weighted by Crippen LogP contribution is 2.50. The standard InChI is InChI=1S/C31H25O2P/c32-29-25(22-12-4-1-5-13-22)18-10-20-27(29)31(34-24-16-8-3-9-17-24)28-21-11-19-26(30(28)33)23-14-6-2-7-15-23/h1-21,31-34H. The quantitative estimate of drug-likeness (QED) is 0.257. The molecule has 0 saturated carbocycles. The van der Waals surface area contributed by atoms with E-state index in [9.17, 15) is 10.2 Å². The number of rotatable bonds is 6. The zero-order valence-electron chi connectivity index (χ0n) is 18.6. The van der Waals surface area contributed by atoms with Crippen molar-refractivity contribution in [1.29, 1.82) is 0 Å². The third-order valence-electron chi connectivity index (χ3n) is 6.01. The van der Waals surface area contributed by atoms with Crippen LogP contribution in [0.3, 0.4) is 0 Å². The molecule has 1 atom stereocenters. The lowest BCUT2D eigenvalue weighted by molar-refractivity contribution is 0.464. The van der Waals surface area contributed by atoms with Gasteiger partial charge < -0.3 is 10.2 Å². The van der Waals surface area contributed by atoms with E-state index in [-0.39, 0.29) is 17.2 Å². The first-order valence-corrected chi connectivity index (χ1v) is 12.4. The van der Waals surface area contributed by atoms with Gasteiger partial charge >= 0.3 is 0 Å². The molecule has 0 heterocycles. The first-order valence-electron chi connectivity index (χ1n) is 11.3. The molecule has 166 valence electrons. The van der Waals surface area contributed by atoms with Crippen molar-refractivity contribution in [1.82, 2.24) is 0 Å². The van der Waals surface area contributed by atoms with E-state index in [4.69, 9.17) is 0 Å². The summed E-state index contributed by atoms with van der Waals surface area (Å²) in [6.45, 7) is 0. The Morgan fingerprint density at radius 1 is 0.441 bits per heavy atom. The number of para-hydroxylation sites is 2. The minimum Gasteiger partial charge on any atom is -0.507 e. The predicted molar refractivity (Wildman–Crippen MR) is 143 cm³/mol. The molecule has 5 rings (SSSR count). The summed E-state index contributed by atoms with van der Waals surface area (Å²) < 4.78 is 0. The molecule has 0 saturated heterocycles. The highest BCUT2D eigenvalue weighted by molar-refractivity contribution is 7.47. The molecule has 0 fully saturated rings. The smallest absolute Gasteiger partial charge is 0.127 e. The highest BCUT2D eigenvalue weighted by atomic mass is 31.1. The lowest BCUT2D eigenvalue weighted by Crippen LogP contribution is -2.04. The average Bonchev–Trinajstić information content (AvgIpc) is 2.90. The van der Waals surface area contributed by atoms with Crippen LogP contribution >= 0.6 is 8.58 Å². The van der Waals surface area contributed by atoms with Crippen molar-refractivity contribution in [3.05, 3.63) is 139 Å². The third-order valence-corrected chi connectivity index (χ3v) is 7.59. The second kappa shape index (κ2) is 9.95. The van der Waals surface area contributed by atoms with Gasteiger partial charge in [-0.1, -0.05) is 136 Å². The third kappa shape index (κ3) is 4.46. The van der Waals surface area contributed by atoms with E-state index in [1.165, 1.54) is 5.30 Å². The van der Waals surface area contributed by atoms with E-state index in [0.29, 0.717) is 8.58 Å². The first kappa shape index (κ1) is 21.9. The van der Waals surface area contributed by atoms with Crippen LogP contribution in [0.2, 0.25) is 0 Å². The van der Waals surface area contributed by atoms with E-state index < -0.39 is 0 Å². The number of aromatic hydroxyl groups is 2. The van der Waals surface area contributed by atoms with Gasteiger partial charge in [0.05, 0.1) is 0 Å². The molecule has 0 spiro atoms. The lowest BCUT2D eigenvalue weighted by Gasteiger charge is -2.23. The Morgan fingerprint density at radius 2 is 0.853 bits per heavy atom. The fraction of sp³-hybridized carbons (Fsp3) is 0.0323. The van der Waals surface area contributed by atoms with E-state index in [0.717, 1.165) is 33.4 Å². The van der Waals surface area contributed by atoms with Crippen LogP contribution in [-0.2, 0) is 0 Å². The maximum absolute atomic E-state index is 11.5. The Hall–Kier alpha value is -3.87. The van der Waals surface area contributed by atoms with E-state index in [2.05, 4.69) is 12.1 Å². The minimum absolute atomic E-state index is 0.199. The summed E-state index contributed by atoms with van der Waals surface area (Å²) in [6.07, 6.45) is 0. The van der Waals surface area contributed by atoms with Crippen molar-refractivity contribution in [2.24, 2.45) is 0 Å². The fourth-order valence-electron chi connectivity index (χ4n) is 4.31. The summed E-state index contributed by atoms with van der Waals surface area (Å²) in [5.41, 5.74) is 4.93. The molecule has 5 aromatic rings. The van der Waals surface area contributed by atoms with Crippen LogP contribution in [-0.4, -0.2) is 10.2 Å². The maximum Gasteiger partial charge on any atom is 0.127 e. The molecule has 0 aromatic heterocycles. The molecular formula is C31H25O2P. The molecule has 1 unspecified atom stereocenters. The summed E-state index contributed by atoms with van der Waals surface area (Å²) in [5.74, 6) is 0.512. The molecule has 0 aliphatic carbocycles. The minimum atomic E-state index is -0.199. The van der Waals surface area contributed by atoms with Crippen LogP contribution in [0.1, 0.15) is 16.8 Å². The SMILES string of the molecule is Oc1c(-c2ccccc2)cccc1C(Pc1ccccc1)c1cccc(-c2ccccc2)c1O. The summed E-state index contributed by atoms with van der Waals surface area (Å²) in [4.78, 5) is 0. The van der Waals surface area contributed by atoms with Gasteiger partial charge in [0, 0.05) is 27.9 Å². The van der Waals surface area contributed by atoms with Crippen LogP contribution in [0, 0.1) is 0 Å². The van der Waals surface area contributed by atoms with Crippen LogP contribution in [0.5, 0.6) is 11.5 Å². The lowest BCUT2D eigenvalue weighted by atomic mass is 9.94. The van der Waals surface area contributed by atoms with Crippen molar-refractivity contribution >= 4 is 13.9 Å². The molecule has 0 bridgehead atoms. The van der Waals surface area contributed by atoms with Crippen molar-refractivity contribution < 1.29 is 10.2 Å². The van der Waals surface area contributed by atoms with Gasteiger partial charge in [-0.25, -0.2) is 0 Å². The Kier molecular flexibility index (Phi) is 6.42. The van der Waals surface area contributed by atoms with Crippen LogP contribution in [0.15, 0.2) is 127 Å². The number of phenolic OH excluding ortho intramolecular Hbond substituents is 2. The molecule has 0 aliphatic heterocycles. The maximum atomic E-state index is 11.5. The zero-order chi connectivity index (χ0) is 23.3. The molecule has 2 N–H and O–H groups in total. The zero-order valence-corrected chi connectivity index (χ0v) is 19.6. The number of hydrogen-bond acceptors (Lipinski definition) is 2. The highest BCUT2D eigenvalue weighted by Gasteiger charge is 2.24. The summed E-state index contributed by atoms with van der Waals surface area (Å²) in [5, 5.41) is 24.1. The second-order valence-corrected chi connectivity index (χ2v) is 9.61. The van der Waals surface area contributed by atoms with Crippen LogP contribution < -0.4 is 5.30 Å². The van der Waals surface area contributed by atoms with Gasteiger partial charge in [0.25, 0.3) is 0 Å². The van der Waals surface area contributed by atoms with Crippen molar-refractivity contribution in [2.75, 3.05) is 0 Å². The Morgan fingerprint density at radius 3 is 1.29 bits per heavy atom. The first-order chi connectivity index (χ1) is 16.7. The van der Waals surface area contributed by atoms with Gasteiger partial charge in [0.15, 0.2) is 0 Å². The summed E-state index contributed by atoms with van der Waals surface area (Å²) >= 11 is 0. The van der Waals surface area contributed by atoms with Gasteiger partial charge in [-0.2, -0.15) is 0 Å².